The minimum absolute atomic E-state index is 0.0119. The summed E-state index contributed by atoms with van der Waals surface area (Å²) in [5.41, 5.74) is 1.98. The van der Waals surface area contributed by atoms with Gasteiger partial charge in [-0.2, -0.15) is 0 Å². The lowest BCUT2D eigenvalue weighted by atomic mass is 10.1. The van der Waals surface area contributed by atoms with E-state index in [-0.39, 0.29) is 17.9 Å². The summed E-state index contributed by atoms with van der Waals surface area (Å²) in [5, 5.41) is 2.99. The van der Waals surface area contributed by atoms with Gasteiger partial charge in [0.05, 0.1) is 18.8 Å². The molecule has 2 amide bonds. The van der Waals surface area contributed by atoms with Crippen LogP contribution in [0.15, 0.2) is 35.9 Å². The molecule has 0 unspecified atom stereocenters. The molecule has 0 radical (unpaired) electrons. The minimum atomic E-state index is -0.137. The Bertz CT molecular complexity index is 639. The van der Waals surface area contributed by atoms with Crippen LogP contribution in [0.4, 0.5) is 5.69 Å². The van der Waals surface area contributed by atoms with Gasteiger partial charge in [-0.1, -0.05) is 23.8 Å². The Balaban J connectivity index is 1.62. The van der Waals surface area contributed by atoms with Crippen LogP contribution in [0.2, 0.25) is 0 Å². The Morgan fingerprint density at radius 3 is 2.96 bits per heavy atom. The van der Waals surface area contributed by atoms with E-state index in [0.29, 0.717) is 25.1 Å². The first-order chi connectivity index (χ1) is 11.2. The van der Waals surface area contributed by atoms with Crippen LogP contribution < -0.4 is 15.0 Å². The van der Waals surface area contributed by atoms with Crippen molar-refractivity contribution in [3.63, 3.8) is 0 Å². The van der Waals surface area contributed by atoms with E-state index >= 15 is 0 Å². The maximum absolute atomic E-state index is 12.3. The van der Waals surface area contributed by atoms with Crippen LogP contribution in [0.25, 0.3) is 0 Å². The topological polar surface area (TPSA) is 58.6 Å². The van der Waals surface area contributed by atoms with E-state index in [1.54, 1.807) is 12.0 Å². The standard InChI is InChI=1S/C18H22N2O3/c1-23-16-9-5-4-8-15(16)20-12-14(11-18(20)22)19-17(21)10-13-6-2-3-7-13/h4-6,8-9,14H,2-3,7,10-12H2,1H3,(H,19,21)/t14-/m0/s1. The summed E-state index contributed by atoms with van der Waals surface area (Å²) in [4.78, 5) is 26.1. The number of hydrogen-bond acceptors (Lipinski definition) is 3. The minimum Gasteiger partial charge on any atom is -0.495 e. The van der Waals surface area contributed by atoms with Crippen LogP contribution in [-0.2, 0) is 9.59 Å². The summed E-state index contributed by atoms with van der Waals surface area (Å²) in [6, 6.07) is 7.31. The smallest absolute Gasteiger partial charge is 0.229 e. The highest BCUT2D eigenvalue weighted by atomic mass is 16.5. The second kappa shape index (κ2) is 6.86. The van der Waals surface area contributed by atoms with E-state index in [4.69, 9.17) is 4.74 Å². The van der Waals surface area contributed by atoms with Crippen LogP contribution in [0, 0.1) is 0 Å². The fraction of sp³-hybridized carbons (Fsp3) is 0.444. The van der Waals surface area contributed by atoms with Gasteiger partial charge >= 0.3 is 0 Å². The molecule has 1 fully saturated rings. The number of nitrogens with zero attached hydrogens (tertiary/aromatic N) is 1. The highest BCUT2D eigenvalue weighted by Gasteiger charge is 2.33. The van der Waals surface area contributed by atoms with Gasteiger partial charge in [0, 0.05) is 19.4 Å². The molecule has 0 aromatic heterocycles. The van der Waals surface area contributed by atoms with Crippen molar-refractivity contribution < 1.29 is 14.3 Å². The number of methoxy groups -OCH3 is 1. The quantitative estimate of drug-likeness (QED) is 0.849. The molecular weight excluding hydrogens is 292 g/mol. The van der Waals surface area contributed by atoms with Gasteiger partial charge in [0.2, 0.25) is 11.8 Å². The molecule has 23 heavy (non-hydrogen) atoms. The number of ether oxygens (including phenoxy) is 1. The number of anilines is 1. The molecule has 0 saturated carbocycles. The average Bonchev–Trinajstić information content (AvgIpc) is 3.17. The average molecular weight is 314 g/mol. The summed E-state index contributed by atoms with van der Waals surface area (Å²) < 4.78 is 5.32. The second-order valence-corrected chi connectivity index (χ2v) is 6.08. The molecule has 0 spiro atoms. The van der Waals surface area contributed by atoms with Crippen LogP contribution in [0.5, 0.6) is 5.75 Å². The fourth-order valence-corrected chi connectivity index (χ4v) is 3.27. The summed E-state index contributed by atoms with van der Waals surface area (Å²) in [7, 11) is 1.59. The van der Waals surface area contributed by atoms with Crippen molar-refractivity contribution in [1.82, 2.24) is 5.32 Å². The molecule has 5 nitrogen and oxygen atoms in total. The van der Waals surface area contributed by atoms with E-state index in [1.807, 2.05) is 24.3 Å². The molecule has 3 rings (SSSR count). The summed E-state index contributed by atoms with van der Waals surface area (Å²) >= 11 is 0. The van der Waals surface area contributed by atoms with E-state index in [9.17, 15) is 9.59 Å². The zero-order valence-corrected chi connectivity index (χ0v) is 13.4. The molecule has 5 heteroatoms. The Kier molecular flexibility index (Phi) is 4.65. The molecular formula is C18H22N2O3. The number of allylic oxidation sites excluding steroid dienone is 1. The van der Waals surface area contributed by atoms with Crippen molar-refractivity contribution in [3.8, 4) is 5.75 Å². The Labute approximate surface area is 136 Å². The molecule has 1 aliphatic carbocycles. The maximum Gasteiger partial charge on any atom is 0.229 e. The summed E-state index contributed by atoms with van der Waals surface area (Å²) in [6.07, 6.45) is 6.19. The van der Waals surface area contributed by atoms with Gasteiger partial charge < -0.3 is 15.0 Å². The molecule has 122 valence electrons. The highest BCUT2D eigenvalue weighted by molar-refractivity contribution is 5.98. The van der Waals surface area contributed by atoms with Crippen LogP contribution in [0.3, 0.4) is 0 Å². The molecule has 0 bridgehead atoms. The van der Waals surface area contributed by atoms with Crippen LogP contribution in [-0.4, -0.2) is 31.5 Å². The monoisotopic (exact) mass is 314 g/mol. The van der Waals surface area contributed by atoms with E-state index in [1.165, 1.54) is 5.57 Å². The lowest BCUT2D eigenvalue weighted by Gasteiger charge is -2.19. The van der Waals surface area contributed by atoms with Gasteiger partial charge in [0.1, 0.15) is 5.75 Å². The van der Waals surface area contributed by atoms with E-state index in [2.05, 4.69) is 11.4 Å². The summed E-state index contributed by atoms with van der Waals surface area (Å²) in [5.74, 6) is 0.696. The van der Waals surface area contributed by atoms with Crippen molar-refractivity contribution in [3.05, 3.63) is 35.9 Å². The largest absolute Gasteiger partial charge is 0.495 e. The van der Waals surface area contributed by atoms with E-state index in [0.717, 1.165) is 24.9 Å². The molecule has 1 saturated heterocycles. The first-order valence-corrected chi connectivity index (χ1v) is 8.08. The maximum atomic E-state index is 12.3. The molecule has 2 aliphatic rings. The molecule has 1 atom stereocenters. The molecule has 1 heterocycles. The van der Waals surface area contributed by atoms with E-state index < -0.39 is 0 Å². The third-order valence-corrected chi connectivity index (χ3v) is 4.39. The van der Waals surface area contributed by atoms with Crippen molar-refractivity contribution in [2.45, 2.75) is 38.1 Å². The lowest BCUT2D eigenvalue weighted by molar-refractivity contribution is -0.121. The molecule has 1 aromatic rings. The number of carbonyl (C=O) groups excluding carboxylic acids is 2. The number of rotatable bonds is 5. The van der Waals surface area contributed by atoms with Crippen molar-refractivity contribution in [1.29, 1.82) is 0 Å². The first-order valence-electron chi connectivity index (χ1n) is 8.08. The number of para-hydroxylation sites is 2. The predicted octanol–water partition coefficient (Wildman–Crippen LogP) is 2.42. The number of benzene rings is 1. The summed E-state index contributed by atoms with van der Waals surface area (Å²) in [6.45, 7) is 0.490. The van der Waals surface area contributed by atoms with Gasteiger partial charge in [-0.25, -0.2) is 0 Å². The zero-order valence-electron chi connectivity index (χ0n) is 13.4. The predicted molar refractivity (Wildman–Crippen MR) is 88.4 cm³/mol. The Morgan fingerprint density at radius 1 is 1.39 bits per heavy atom. The molecule has 1 N–H and O–H groups in total. The second-order valence-electron chi connectivity index (χ2n) is 6.08. The van der Waals surface area contributed by atoms with Gasteiger partial charge in [0.15, 0.2) is 0 Å². The van der Waals surface area contributed by atoms with Crippen molar-refractivity contribution in [2.75, 3.05) is 18.6 Å². The van der Waals surface area contributed by atoms with Crippen molar-refractivity contribution >= 4 is 17.5 Å². The van der Waals surface area contributed by atoms with Gasteiger partial charge in [-0.15, -0.1) is 0 Å². The Hall–Kier alpha value is -2.30. The third kappa shape index (κ3) is 3.55. The first kappa shape index (κ1) is 15.6. The zero-order chi connectivity index (χ0) is 16.2. The SMILES string of the molecule is COc1ccccc1N1C[C@@H](NC(=O)CC2=CCCC2)CC1=O. The number of amides is 2. The van der Waals surface area contributed by atoms with Crippen LogP contribution in [0.1, 0.15) is 32.1 Å². The normalized spacial score (nSPS) is 20.6. The molecule has 1 aliphatic heterocycles. The third-order valence-electron chi connectivity index (χ3n) is 4.39. The van der Waals surface area contributed by atoms with Gasteiger partial charge in [0.25, 0.3) is 0 Å². The number of carbonyl (C=O) groups is 2. The number of hydrogen-bond donors (Lipinski definition) is 1. The highest BCUT2D eigenvalue weighted by Crippen LogP contribution is 2.31. The Morgan fingerprint density at radius 2 is 2.22 bits per heavy atom. The molecule has 1 aromatic carbocycles. The van der Waals surface area contributed by atoms with Crippen molar-refractivity contribution in [2.24, 2.45) is 0 Å². The van der Waals surface area contributed by atoms with Gasteiger partial charge in [-0.05, 0) is 31.4 Å². The fourth-order valence-electron chi connectivity index (χ4n) is 3.27. The van der Waals surface area contributed by atoms with Gasteiger partial charge in [-0.3, -0.25) is 9.59 Å². The van der Waals surface area contributed by atoms with Crippen LogP contribution >= 0.6 is 0 Å². The number of nitrogens with one attached hydrogen (secondary N) is 1. The lowest BCUT2D eigenvalue weighted by Crippen LogP contribution is -2.37.